The number of hydrogen-bond donors (Lipinski definition) is 0. The highest BCUT2D eigenvalue weighted by atomic mass is 16.8. The molecule has 0 aliphatic heterocycles. The van der Waals surface area contributed by atoms with E-state index in [4.69, 9.17) is 0 Å². The first-order valence-corrected chi connectivity index (χ1v) is 8.33. The van der Waals surface area contributed by atoms with Gasteiger partial charge in [-0.15, -0.1) is 4.63 Å². The second-order valence-corrected chi connectivity index (χ2v) is 6.46. The average molecular weight is 459 g/mol. The second-order valence-electron chi connectivity index (χ2n) is 6.46. The van der Waals surface area contributed by atoms with Crippen molar-refractivity contribution < 1.29 is 38.5 Å². The van der Waals surface area contributed by atoms with Crippen molar-refractivity contribution >= 4 is 61.2 Å². The normalized spacial score (nSPS) is 12.0. The van der Waals surface area contributed by atoms with Crippen LogP contribution in [0.5, 0.6) is 0 Å². The van der Waals surface area contributed by atoms with E-state index in [2.05, 4.69) is 29.8 Å². The summed E-state index contributed by atoms with van der Waals surface area (Å²) in [4.78, 5) is 31.4. The Kier molecular flexibility index (Phi) is 3.00. The molecule has 0 radical (unpaired) electrons. The molecule has 0 fully saturated rings. The first kappa shape index (κ1) is 18.0. The summed E-state index contributed by atoms with van der Waals surface area (Å²) in [6, 6.07) is 0.912. The van der Waals surface area contributed by atoms with Crippen LogP contribution < -0.4 is 19.5 Å². The number of non-ortho nitro benzene ring substituents is 1. The zero-order valence-corrected chi connectivity index (χ0v) is 15.1. The van der Waals surface area contributed by atoms with Gasteiger partial charge in [0.2, 0.25) is 11.0 Å². The average Bonchev–Trinajstić information content (AvgIpc) is 3.48. The maximum atomic E-state index is 12.1. The van der Waals surface area contributed by atoms with Crippen LogP contribution in [0.3, 0.4) is 0 Å². The molecule has 0 aliphatic carbocycles. The number of aromatic nitrogens is 8. The van der Waals surface area contributed by atoms with Crippen molar-refractivity contribution in [2.75, 3.05) is 0 Å². The molecule has 6 aromatic rings. The van der Waals surface area contributed by atoms with E-state index in [-0.39, 0.29) is 20.8 Å². The molecule has 2 aromatic carbocycles. The van der Waals surface area contributed by atoms with E-state index in [0.29, 0.717) is 4.63 Å². The van der Waals surface area contributed by atoms with Gasteiger partial charge in [-0.2, -0.15) is 4.63 Å². The van der Waals surface area contributed by atoms with Gasteiger partial charge in [0, 0.05) is 0 Å². The molecule has 0 aliphatic rings. The Morgan fingerprint density at radius 3 is 2.15 bits per heavy atom. The van der Waals surface area contributed by atoms with E-state index in [9.17, 15) is 40.8 Å². The predicted molar refractivity (Wildman–Crippen MR) is 92.2 cm³/mol. The lowest BCUT2D eigenvalue weighted by Gasteiger charge is -1.97. The van der Waals surface area contributed by atoms with E-state index < -0.39 is 64.9 Å². The largest absolute Gasteiger partial charge is 0.403 e. The van der Waals surface area contributed by atoms with E-state index in [0.717, 1.165) is 10.7 Å². The van der Waals surface area contributed by atoms with E-state index >= 15 is 0 Å². The lowest BCUT2D eigenvalue weighted by Crippen LogP contribution is -2.31. The first-order valence-electron chi connectivity index (χ1n) is 8.33. The van der Waals surface area contributed by atoms with Crippen LogP contribution in [0.25, 0.3) is 44.1 Å². The second kappa shape index (κ2) is 5.48. The molecule has 0 bridgehead atoms. The Bertz CT molecular complexity index is 1890. The summed E-state index contributed by atoms with van der Waals surface area (Å²) in [5.74, 6) is 0. The molecule has 0 N–H and O–H groups in total. The third kappa shape index (κ3) is 1.98. The van der Waals surface area contributed by atoms with Gasteiger partial charge >= 0.3 is 28.1 Å². The van der Waals surface area contributed by atoms with Gasteiger partial charge in [-0.25, -0.2) is 0 Å². The van der Waals surface area contributed by atoms with Gasteiger partial charge < -0.3 is 10.4 Å². The quantitative estimate of drug-likeness (QED) is 0.125. The molecule has 21 nitrogen and oxygen atoms in total. The predicted octanol–water partition coefficient (Wildman–Crippen LogP) is -1.54. The van der Waals surface area contributed by atoms with Crippen molar-refractivity contribution in [3.05, 3.63) is 46.8 Å². The third-order valence-corrected chi connectivity index (χ3v) is 4.88. The number of rotatable bonds is 3. The molecular formula is C12HN11O10. The molecule has 21 heteroatoms. The molecule has 0 spiro atoms. The summed E-state index contributed by atoms with van der Waals surface area (Å²) in [7, 11) is 0. The van der Waals surface area contributed by atoms with Crippen molar-refractivity contribution in [1.29, 1.82) is 0 Å². The molecule has 4 aromatic heterocycles. The first-order chi connectivity index (χ1) is 15.7. The number of benzene rings is 2. The van der Waals surface area contributed by atoms with Crippen molar-refractivity contribution in [3.63, 3.8) is 0 Å². The highest BCUT2D eigenvalue weighted by Crippen LogP contribution is 2.40. The van der Waals surface area contributed by atoms with Crippen LogP contribution in [0.2, 0.25) is 0 Å². The fourth-order valence-corrected chi connectivity index (χ4v) is 3.65. The summed E-state index contributed by atoms with van der Waals surface area (Å²) in [5.41, 5.74) is -6.92. The van der Waals surface area contributed by atoms with Gasteiger partial charge in [0.05, 0.1) is 36.7 Å². The third-order valence-electron chi connectivity index (χ3n) is 4.88. The summed E-state index contributed by atoms with van der Waals surface area (Å²) >= 11 is 0. The summed E-state index contributed by atoms with van der Waals surface area (Å²) in [6.07, 6.45) is 0. The number of nitro benzene ring substituents is 3. The van der Waals surface area contributed by atoms with Crippen LogP contribution >= 0.6 is 0 Å². The van der Waals surface area contributed by atoms with E-state index in [1.54, 1.807) is 0 Å². The van der Waals surface area contributed by atoms with E-state index in [1.807, 2.05) is 0 Å². The molecule has 6 rings (SSSR count). The van der Waals surface area contributed by atoms with Crippen molar-refractivity contribution in [3.8, 4) is 0 Å². The minimum atomic E-state index is -1.17. The molecule has 164 valence electrons. The van der Waals surface area contributed by atoms with Crippen molar-refractivity contribution in [1.82, 2.24) is 25.1 Å². The van der Waals surface area contributed by atoms with Crippen LogP contribution in [-0.2, 0) is 0 Å². The van der Waals surface area contributed by atoms with Crippen LogP contribution in [0.1, 0.15) is 0 Å². The number of nitrogens with zero attached hydrogens (tertiary/aromatic N) is 11. The van der Waals surface area contributed by atoms with Crippen molar-refractivity contribution in [2.24, 2.45) is 0 Å². The monoisotopic (exact) mass is 459 g/mol. The Hall–Kier alpha value is -5.76. The summed E-state index contributed by atoms with van der Waals surface area (Å²) in [5, 5.41) is 73.7. The molecular weight excluding hydrogens is 458 g/mol. The highest BCUT2D eigenvalue weighted by molar-refractivity contribution is 6.09. The lowest BCUT2D eigenvalue weighted by atomic mass is 10.2. The van der Waals surface area contributed by atoms with Gasteiger partial charge in [-0.3, -0.25) is 44.7 Å². The number of hydrogen-bond acceptors (Lipinski definition) is 13. The van der Waals surface area contributed by atoms with Crippen LogP contribution in [0, 0.1) is 40.8 Å². The summed E-state index contributed by atoms with van der Waals surface area (Å²) in [6.45, 7) is 0. The molecule has 0 amide bonds. The minimum Gasteiger partial charge on any atom is -0.359 e. The van der Waals surface area contributed by atoms with E-state index in [1.165, 1.54) is 0 Å². The fourth-order valence-electron chi connectivity index (χ4n) is 3.65. The molecule has 4 heterocycles. The van der Waals surface area contributed by atoms with Crippen molar-refractivity contribution in [2.45, 2.75) is 0 Å². The maximum Gasteiger partial charge on any atom is 0.403 e. The molecule has 0 saturated heterocycles. The standard InChI is InChI=1S/C12HN11O10/c24-19(25)3-1-2-4(8-5(3)15-32-22(8)30)13-18-10-6(14-17(2)18)9-7(16-33-23(9)31)11(20(26)27)12(10)21(28)29/h1H. The molecule has 0 unspecified atom stereocenters. The van der Waals surface area contributed by atoms with Gasteiger partial charge in [-0.05, 0) is 14.9 Å². The zero-order chi connectivity index (χ0) is 23.3. The minimum absolute atomic E-state index is 0.166. The van der Waals surface area contributed by atoms with Gasteiger partial charge in [0.15, 0.2) is 0 Å². The zero-order valence-electron chi connectivity index (χ0n) is 15.1. The Balaban J connectivity index is 1.95. The number of nitro groups is 3. The topological polar surface area (TPSA) is 271 Å². The van der Waals surface area contributed by atoms with Crippen LogP contribution in [-0.4, -0.2) is 34.8 Å². The summed E-state index contributed by atoms with van der Waals surface area (Å²) < 4.78 is 10.2. The van der Waals surface area contributed by atoms with Crippen LogP contribution in [0.4, 0.5) is 17.1 Å². The number of fused-ring (bicyclic) bond motifs is 9. The Morgan fingerprint density at radius 1 is 0.879 bits per heavy atom. The fraction of sp³-hybridized carbons (Fsp3) is 0. The highest BCUT2D eigenvalue weighted by Gasteiger charge is 2.41. The van der Waals surface area contributed by atoms with Gasteiger partial charge in [-0.1, -0.05) is 0 Å². The maximum absolute atomic E-state index is 12.1. The van der Waals surface area contributed by atoms with Crippen LogP contribution in [0.15, 0.2) is 15.3 Å². The molecule has 0 saturated carbocycles. The molecule has 33 heavy (non-hydrogen) atoms. The van der Waals surface area contributed by atoms with Gasteiger partial charge in [0.25, 0.3) is 11.0 Å². The van der Waals surface area contributed by atoms with Gasteiger partial charge in [0.1, 0.15) is 5.52 Å². The Labute approximate surface area is 172 Å². The Morgan fingerprint density at radius 2 is 1.52 bits per heavy atom. The lowest BCUT2D eigenvalue weighted by molar-refractivity contribution is -0.781. The SMILES string of the molecule is O=[N+]([O-])c1cc2c(nn3c4c([N+](=O)[O-])c([N+](=O)[O-])c5no[n+]([O-])c5c4[n-][n+]23)c2c1no[n+]2[O-]. The smallest absolute Gasteiger partial charge is 0.359 e. The molecule has 0 atom stereocenters.